The molecule has 1 aliphatic heterocycles. The number of rotatable bonds is 2. The van der Waals surface area contributed by atoms with Crippen LogP contribution in [0.15, 0.2) is 24.5 Å². The first-order valence-corrected chi connectivity index (χ1v) is 7.74. The van der Waals surface area contributed by atoms with Crippen LogP contribution in [0.2, 0.25) is 0 Å². The molecule has 2 atom stereocenters. The summed E-state index contributed by atoms with van der Waals surface area (Å²) in [7, 11) is 0. The molecule has 0 aromatic carbocycles. The third-order valence-electron chi connectivity index (χ3n) is 4.05. The van der Waals surface area contributed by atoms with E-state index in [0.717, 1.165) is 22.9 Å². The minimum Gasteiger partial charge on any atom is -0.444 e. The highest BCUT2D eigenvalue weighted by atomic mass is 16.6. The van der Waals surface area contributed by atoms with E-state index in [0.29, 0.717) is 13.1 Å². The van der Waals surface area contributed by atoms with Crippen molar-refractivity contribution in [2.75, 3.05) is 13.1 Å². The van der Waals surface area contributed by atoms with E-state index >= 15 is 0 Å². The zero-order valence-electron chi connectivity index (χ0n) is 13.6. The SMILES string of the molecule is CC(C)(C)OC(=O)N1C[C@@H](C=O)[C@@H](c2nccc3[nH]ccc23)C1. The summed E-state index contributed by atoms with van der Waals surface area (Å²) < 4.78 is 5.42. The fourth-order valence-electron chi connectivity index (χ4n) is 3.03. The smallest absolute Gasteiger partial charge is 0.410 e. The summed E-state index contributed by atoms with van der Waals surface area (Å²) >= 11 is 0. The summed E-state index contributed by atoms with van der Waals surface area (Å²) in [5.74, 6) is -0.380. The Labute approximate surface area is 134 Å². The highest BCUT2D eigenvalue weighted by molar-refractivity contribution is 5.83. The number of carbonyl (C=O) groups excluding carboxylic acids is 2. The number of H-pyrrole nitrogens is 1. The molecule has 2 aromatic heterocycles. The van der Waals surface area contributed by atoms with Crippen molar-refractivity contribution in [1.29, 1.82) is 0 Å². The topological polar surface area (TPSA) is 75.3 Å². The molecule has 0 aliphatic carbocycles. The predicted molar refractivity (Wildman–Crippen MR) is 86.2 cm³/mol. The van der Waals surface area contributed by atoms with Gasteiger partial charge in [0.1, 0.15) is 11.9 Å². The molecule has 2 aromatic rings. The van der Waals surface area contributed by atoms with Crippen LogP contribution in [-0.4, -0.2) is 45.9 Å². The molecule has 0 bridgehead atoms. The van der Waals surface area contributed by atoms with Gasteiger partial charge in [0.05, 0.1) is 5.69 Å². The molecule has 1 amide bonds. The summed E-state index contributed by atoms with van der Waals surface area (Å²) in [6, 6.07) is 3.85. The number of fused-ring (bicyclic) bond motifs is 1. The number of pyridine rings is 1. The number of aromatic nitrogens is 2. The Balaban J connectivity index is 1.87. The molecule has 122 valence electrons. The van der Waals surface area contributed by atoms with Crippen molar-refractivity contribution in [2.24, 2.45) is 5.92 Å². The van der Waals surface area contributed by atoms with Crippen LogP contribution >= 0.6 is 0 Å². The second-order valence-corrected chi connectivity index (χ2v) is 6.93. The van der Waals surface area contributed by atoms with Crippen molar-refractivity contribution in [3.8, 4) is 0 Å². The number of nitrogens with one attached hydrogen (secondary N) is 1. The van der Waals surface area contributed by atoms with Crippen LogP contribution in [0.25, 0.3) is 10.9 Å². The number of ether oxygens (including phenoxy) is 1. The summed E-state index contributed by atoms with van der Waals surface area (Å²) in [4.78, 5) is 33.0. The zero-order valence-corrected chi connectivity index (χ0v) is 13.6. The number of hydrogen-bond donors (Lipinski definition) is 1. The van der Waals surface area contributed by atoms with Gasteiger partial charge < -0.3 is 19.4 Å². The van der Waals surface area contributed by atoms with E-state index in [1.165, 1.54) is 0 Å². The monoisotopic (exact) mass is 315 g/mol. The van der Waals surface area contributed by atoms with Crippen molar-refractivity contribution >= 4 is 23.3 Å². The number of amides is 1. The normalized spacial score (nSPS) is 21.6. The average Bonchev–Trinajstić information content (AvgIpc) is 3.11. The molecule has 0 spiro atoms. The van der Waals surface area contributed by atoms with Gasteiger partial charge in [-0.05, 0) is 32.9 Å². The van der Waals surface area contributed by atoms with Gasteiger partial charge in [-0.1, -0.05) is 0 Å². The molecule has 3 heterocycles. The number of hydrogen-bond acceptors (Lipinski definition) is 4. The first-order valence-electron chi connectivity index (χ1n) is 7.74. The number of aromatic amines is 1. The van der Waals surface area contributed by atoms with Crippen molar-refractivity contribution in [1.82, 2.24) is 14.9 Å². The van der Waals surface area contributed by atoms with Gasteiger partial charge in [-0.25, -0.2) is 4.79 Å². The van der Waals surface area contributed by atoms with Crippen LogP contribution in [0, 0.1) is 5.92 Å². The second kappa shape index (κ2) is 5.68. The largest absolute Gasteiger partial charge is 0.444 e. The molecule has 1 aliphatic rings. The van der Waals surface area contributed by atoms with E-state index in [4.69, 9.17) is 4.74 Å². The lowest BCUT2D eigenvalue weighted by molar-refractivity contribution is -0.111. The van der Waals surface area contributed by atoms with Gasteiger partial charge in [0, 0.05) is 48.2 Å². The average molecular weight is 315 g/mol. The summed E-state index contributed by atoms with van der Waals surface area (Å²) in [6.07, 6.45) is 4.12. The lowest BCUT2D eigenvalue weighted by Gasteiger charge is -2.24. The molecule has 0 saturated carbocycles. The maximum atomic E-state index is 12.3. The molecule has 6 heteroatoms. The highest BCUT2D eigenvalue weighted by Gasteiger charge is 2.39. The van der Waals surface area contributed by atoms with Gasteiger partial charge in [-0.3, -0.25) is 4.98 Å². The quantitative estimate of drug-likeness (QED) is 0.865. The third kappa shape index (κ3) is 3.06. The lowest BCUT2D eigenvalue weighted by Crippen LogP contribution is -2.35. The summed E-state index contributed by atoms with van der Waals surface area (Å²) in [5, 5.41) is 0.996. The van der Waals surface area contributed by atoms with Crippen LogP contribution in [0.3, 0.4) is 0 Å². The van der Waals surface area contributed by atoms with E-state index in [9.17, 15) is 9.59 Å². The highest BCUT2D eigenvalue weighted by Crippen LogP contribution is 2.34. The maximum absolute atomic E-state index is 12.3. The van der Waals surface area contributed by atoms with Gasteiger partial charge in [-0.15, -0.1) is 0 Å². The van der Waals surface area contributed by atoms with Crippen LogP contribution in [-0.2, 0) is 9.53 Å². The third-order valence-corrected chi connectivity index (χ3v) is 4.05. The molecular formula is C17H21N3O3. The molecular weight excluding hydrogens is 294 g/mol. The van der Waals surface area contributed by atoms with Crippen LogP contribution in [0.4, 0.5) is 4.79 Å². The van der Waals surface area contributed by atoms with Gasteiger partial charge in [-0.2, -0.15) is 0 Å². The zero-order chi connectivity index (χ0) is 16.6. The van der Waals surface area contributed by atoms with Gasteiger partial charge in [0.25, 0.3) is 0 Å². The van der Waals surface area contributed by atoms with E-state index < -0.39 is 5.60 Å². The first kappa shape index (κ1) is 15.5. The minimum absolute atomic E-state index is 0.112. The Kier molecular flexibility index (Phi) is 3.83. The number of nitrogens with zero attached hydrogens (tertiary/aromatic N) is 2. The maximum Gasteiger partial charge on any atom is 0.410 e. The van der Waals surface area contributed by atoms with Crippen molar-refractivity contribution in [3.63, 3.8) is 0 Å². The predicted octanol–water partition coefficient (Wildman–Crippen LogP) is 2.71. The molecule has 0 radical (unpaired) electrons. The Morgan fingerprint density at radius 2 is 2.17 bits per heavy atom. The molecule has 1 fully saturated rings. The molecule has 6 nitrogen and oxygen atoms in total. The fraction of sp³-hybridized carbons (Fsp3) is 0.471. The van der Waals surface area contributed by atoms with Gasteiger partial charge in [0.15, 0.2) is 0 Å². The molecule has 1 saturated heterocycles. The standard InChI is InChI=1S/C17H21N3O3/c1-17(2,3)23-16(22)20-8-11(10-21)13(9-20)15-12-4-6-18-14(12)5-7-19-15/h4-7,10-11,13,18H,8-9H2,1-3H3/t11-,13-/m0/s1. The summed E-state index contributed by atoms with van der Waals surface area (Å²) in [6.45, 7) is 6.30. The first-order chi connectivity index (χ1) is 10.9. The van der Waals surface area contributed by atoms with Crippen LogP contribution < -0.4 is 0 Å². The van der Waals surface area contributed by atoms with Crippen LogP contribution in [0.5, 0.6) is 0 Å². The number of carbonyl (C=O) groups is 2. The molecule has 1 N–H and O–H groups in total. The van der Waals surface area contributed by atoms with Gasteiger partial charge in [0.2, 0.25) is 0 Å². The fourth-order valence-corrected chi connectivity index (χ4v) is 3.03. The minimum atomic E-state index is -0.551. The van der Waals surface area contributed by atoms with E-state index in [1.54, 1.807) is 11.1 Å². The molecule has 0 unspecified atom stereocenters. The van der Waals surface area contributed by atoms with E-state index in [1.807, 2.05) is 39.1 Å². The Morgan fingerprint density at radius 3 is 2.87 bits per heavy atom. The lowest BCUT2D eigenvalue weighted by atomic mass is 9.92. The Bertz CT molecular complexity index is 732. The molecule has 23 heavy (non-hydrogen) atoms. The number of aldehydes is 1. The number of likely N-dealkylation sites (tertiary alicyclic amines) is 1. The van der Waals surface area contributed by atoms with Crippen LogP contribution in [0.1, 0.15) is 32.4 Å². The molecule has 3 rings (SSSR count). The van der Waals surface area contributed by atoms with E-state index in [2.05, 4.69) is 9.97 Å². The van der Waals surface area contributed by atoms with E-state index in [-0.39, 0.29) is 17.9 Å². The Hall–Kier alpha value is -2.37. The van der Waals surface area contributed by atoms with Crippen molar-refractivity contribution in [3.05, 3.63) is 30.2 Å². The summed E-state index contributed by atoms with van der Waals surface area (Å²) in [5.41, 5.74) is 1.28. The van der Waals surface area contributed by atoms with Gasteiger partial charge >= 0.3 is 6.09 Å². The Morgan fingerprint density at radius 1 is 1.39 bits per heavy atom. The van der Waals surface area contributed by atoms with Crippen molar-refractivity contribution in [2.45, 2.75) is 32.3 Å². The second-order valence-electron chi connectivity index (χ2n) is 6.93. The van der Waals surface area contributed by atoms with Crippen molar-refractivity contribution < 1.29 is 14.3 Å².